The summed E-state index contributed by atoms with van der Waals surface area (Å²) in [6.45, 7) is 4.21. The maximum atomic E-state index is 5.45. The summed E-state index contributed by atoms with van der Waals surface area (Å²) in [6, 6.07) is 9.48. The van der Waals surface area contributed by atoms with Gasteiger partial charge in [0.15, 0.2) is 12.4 Å². The largest absolute Gasteiger partial charge is 0.439 e. The van der Waals surface area contributed by atoms with Crippen LogP contribution in [0.3, 0.4) is 0 Å². The molecule has 0 spiro atoms. The summed E-state index contributed by atoms with van der Waals surface area (Å²) in [5.41, 5.74) is 0.834. The minimum absolute atomic E-state index is 0.0691. The number of thioether (sulfide) groups is 1. The lowest BCUT2D eigenvalue weighted by Crippen LogP contribution is -1.97. The van der Waals surface area contributed by atoms with E-state index < -0.39 is 0 Å². The van der Waals surface area contributed by atoms with Gasteiger partial charge in [-0.1, -0.05) is 35.4 Å². The smallest absolute Gasteiger partial charge is 0.415 e. The van der Waals surface area contributed by atoms with E-state index >= 15 is 0 Å². The second-order valence-corrected chi connectivity index (χ2v) is 6.29. The van der Waals surface area contributed by atoms with Crippen LogP contribution in [0.4, 0.5) is 0 Å². The van der Waals surface area contributed by atoms with E-state index in [9.17, 15) is 0 Å². The number of nitrogens with zero attached hydrogens (tertiary/aromatic N) is 4. The summed E-state index contributed by atoms with van der Waals surface area (Å²) >= 11 is 1.75. The van der Waals surface area contributed by atoms with E-state index in [-0.39, 0.29) is 17.9 Å². The molecule has 1 unspecified atom stereocenters. The van der Waals surface area contributed by atoms with Gasteiger partial charge in [0.2, 0.25) is 0 Å². The third-order valence-corrected chi connectivity index (χ3v) is 4.05. The lowest BCUT2D eigenvalue weighted by Gasteiger charge is -2.01. The molecule has 8 heteroatoms. The van der Waals surface area contributed by atoms with Gasteiger partial charge in [0.05, 0.1) is 5.25 Å². The van der Waals surface area contributed by atoms with Gasteiger partial charge in [-0.15, -0.1) is 5.10 Å². The van der Waals surface area contributed by atoms with Gasteiger partial charge in [-0.2, -0.15) is 16.7 Å². The van der Waals surface area contributed by atoms with Gasteiger partial charge in [-0.05, 0) is 24.8 Å². The number of hydrogen-bond donors (Lipinski definition) is 0. The Labute approximate surface area is 137 Å². The third-order valence-electron chi connectivity index (χ3n) is 3.01. The van der Waals surface area contributed by atoms with Gasteiger partial charge in [0.25, 0.3) is 11.8 Å². The lowest BCUT2D eigenvalue weighted by molar-refractivity contribution is 0.188. The molecule has 0 aliphatic rings. The van der Waals surface area contributed by atoms with Gasteiger partial charge in [-0.3, -0.25) is 0 Å². The van der Waals surface area contributed by atoms with Crippen LogP contribution in [0.5, 0.6) is 6.08 Å². The van der Waals surface area contributed by atoms with Crippen molar-refractivity contribution in [3.63, 3.8) is 0 Å². The van der Waals surface area contributed by atoms with Crippen molar-refractivity contribution in [3.8, 4) is 17.5 Å². The van der Waals surface area contributed by atoms with Gasteiger partial charge in [0.1, 0.15) is 0 Å². The zero-order chi connectivity index (χ0) is 16.1. The van der Waals surface area contributed by atoms with E-state index in [4.69, 9.17) is 13.7 Å². The lowest BCUT2D eigenvalue weighted by atomic mass is 10.2. The Balaban J connectivity index is 1.60. The molecule has 7 nitrogen and oxygen atoms in total. The van der Waals surface area contributed by atoms with Crippen molar-refractivity contribution in [3.05, 3.63) is 42.0 Å². The molecular formula is C15H16N4O3S. The molecule has 0 bridgehead atoms. The molecule has 23 heavy (non-hydrogen) atoms. The topological polar surface area (TPSA) is 87.1 Å². The summed E-state index contributed by atoms with van der Waals surface area (Å²) < 4.78 is 16.0. The summed E-state index contributed by atoms with van der Waals surface area (Å²) in [7, 11) is 0. The van der Waals surface area contributed by atoms with Crippen molar-refractivity contribution in [2.45, 2.75) is 25.7 Å². The first kappa shape index (κ1) is 15.5. The van der Waals surface area contributed by atoms with Gasteiger partial charge in [-0.25, -0.2) is 0 Å². The summed E-state index contributed by atoms with van der Waals surface area (Å²) in [6.07, 6.45) is 0.0691. The second kappa shape index (κ2) is 7.28. The van der Waals surface area contributed by atoms with E-state index in [1.54, 1.807) is 11.8 Å². The molecule has 0 saturated heterocycles. The normalized spacial score (nSPS) is 12.3. The van der Waals surface area contributed by atoms with Crippen LogP contribution in [-0.2, 0) is 6.61 Å². The molecule has 0 radical (unpaired) electrons. The number of rotatable bonds is 7. The Kier molecular flexibility index (Phi) is 4.92. The first-order valence-electron chi connectivity index (χ1n) is 7.22. The maximum Gasteiger partial charge on any atom is 0.415 e. The Morgan fingerprint density at radius 3 is 2.83 bits per heavy atom. The quantitative estimate of drug-likeness (QED) is 0.649. The highest BCUT2D eigenvalue weighted by Crippen LogP contribution is 2.25. The van der Waals surface area contributed by atoms with Crippen molar-refractivity contribution < 1.29 is 13.7 Å². The van der Waals surface area contributed by atoms with E-state index in [0.717, 1.165) is 11.3 Å². The molecule has 0 aliphatic carbocycles. The van der Waals surface area contributed by atoms with Crippen LogP contribution in [0, 0.1) is 0 Å². The Bertz CT molecular complexity index is 744. The first-order valence-corrected chi connectivity index (χ1v) is 8.27. The SMILES string of the molecule is CCSC(C)c1noc(COc2nnc(-c3ccccc3)o2)n1. The summed E-state index contributed by atoms with van der Waals surface area (Å²) in [5, 5.41) is 11.9. The predicted molar refractivity (Wildman–Crippen MR) is 84.9 cm³/mol. The van der Waals surface area contributed by atoms with E-state index in [2.05, 4.69) is 27.3 Å². The van der Waals surface area contributed by atoms with Crippen LogP contribution in [-0.4, -0.2) is 26.1 Å². The Hall–Kier alpha value is -2.35. The van der Waals surface area contributed by atoms with Crippen molar-refractivity contribution >= 4 is 11.8 Å². The van der Waals surface area contributed by atoms with Crippen molar-refractivity contribution in [1.82, 2.24) is 20.3 Å². The molecule has 2 aromatic heterocycles. The predicted octanol–water partition coefficient (Wildman–Crippen LogP) is 3.51. The highest BCUT2D eigenvalue weighted by molar-refractivity contribution is 7.99. The van der Waals surface area contributed by atoms with Crippen LogP contribution in [0.2, 0.25) is 0 Å². The van der Waals surface area contributed by atoms with Gasteiger partial charge >= 0.3 is 6.08 Å². The highest BCUT2D eigenvalue weighted by atomic mass is 32.2. The monoisotopic (exact) mass is 332 g/mol. The van der Waals surface area contributed by atoms with Gasteiger partial charge < -0.3 is 13.7 Å². The Morgan fingerprint density at radius 2 is 2.04 bits per heavy atom. The minimum Gasteiger partial charge on any atom is -0.439 e. The number of ether oxygens (including phenoxy) is 1. The fourth-order valence-electron chi connectivity index (χ4n) is 1.91. The van der Waals surface area contributed by atoms with Crippen LogP contribution >= 0.6 is 11.8 Å². The number of benzene rings is 1. The highest BCUT2D eigenvalue weighted by Gasteiger charge is 2.15. The molecule has 0 amide bonds. The average Bonchev–Trinajstić information content (AvgIpc) is 3.23. The first-order chi connectivity index (χ1) is 11.3. The standard InChI is InChI=1S/C15H16N4O3S/c1-3-23-10(2)13-16-12(22-19-13)9-20-15-18-17-14(21-15)11-7-5-4-6-8-11/h4-8,10H,3,9H2,1-2H3. The molecule has 3 aromatic rings. The van der Waals surface area contributed by atoms with Crippen LogP contribution in [0.1, 0.15) is 30.8 Å². The molecule has 120 valence electrons. The van der Waals surface area contributed by atoms with Crippen molar-refractivity contribution in [1.29, 1.82) is 0 Å². The molecule has 1 aromatic carbocycles. The molecule has 3 rings (SSSR count). The molecule has 0 N–H and O–H groups in total. The summed E-state index contributed by atoms with van der Waals surface area (Å²) in [5.74, 6) is 2.43. The van der Waals surface area contributed by atoms with Crippen LogP contribution in [0.25, 0.3) is 11.5 Å². The molecular weight excluding hydrogens is 316 g/mol. The second-order valence-electron chi connectivity index (χ2n) is 4.67. The zero-order valence-electron chi connectivity index (χ0n) is 12.8. The van der Waals surface area contributed by atoms with E-state index in [1.165, 1.54) is 0 Å². The Morgan fingerprint density at radius 1 is 1.22 bits per heavy atom. The van der Waals surface area contributed by atoms with E-state index in [0.29, 0.717) is 17.6 Å². The maximum absolute atomic E-state index is 5.45. The fraction of sp³-hybridized carbons (Fsp3) is 0.333. The summed E-state index contributed by atoms with van der Waals surface area (Å²) in [4.78, 5) is 4.30. The van der Waals surface area contributed by atoms with Gasteiger partial charge in [0, 0.05) is 5.56 Å². The molecule has 0 saturated carbocycles. The molecule has 2 heterocycles. The number of hydrogen-bond acceptors (Lipinski definition) is 8. The van der Waals surface area contributed by atoms with Crippen molar-refractivity contribution in [2.75, 3.05) is 5.75 Å². The van der Waals surface area contributed by atoms with E-state index in [1.807, 2.05) is 37.3 Å². The minimum atomic E-state index is 0.0691. The fourth-order valence-corrected chi connectivity index (χ4v) is 2.65. The van der Waals surface area contributed by atoms with Crippen molar-refractivity contribution in [2.24, 2.45) is 0 Å². The molecule has 0 fully saturated rings. The van der Waals surface area contributed by atoms with Crippen LogP contribution in [0.15, 0.2) is 39.3 Å². The molecule has 1 atom stereocenters. The van der Waals surface area contributed by atoms with Crippen LogP contribution < -0.4 is 4.74 Å². The average molecular weight is 332 g/mol. The zero-order valence-corrected chi connectivity index (χ0v) is 13.6. The number of aromatic nitrogens is 4. The molecule has 0 aliphatic heterocycles. The third kappa shape index (κ3) is 3.89.